The second-order valence-corrected chi connectivity index (χ2v) is 4.47. The molecular weight excluding hydrogens is 286 g/mol. The van der Waals surface area contributed by atoms with Gasteiger partial charge in [-0.3, -0.25) is 4.79 Å². The molecule has 0 aliphatic rings. The number of nitrogens with one attached hydrogen (secondary N) is 1. The predicted octanol–water partition coefficient (Wildman–Crippen LogP) is 0.677. The lowest BCUT2D eigenvalue weighted by Crippen LogP contribution is -2.39. The average Bonchev–Trinajstić information content (AvgIpc) is 2.44. The van der Waals surface area contributed by atoms with Gasteiger partial charge in [0.1, 0.15) is 5.75 Å². The molecule has 0 radical (unpaired) electrons. The number of ether oxygens (including phenoxy) is 2. The Morgan fingerprint density at radius 2 is 2.15 bits per heavy atom. The number of benzene rings is 1. The van der Waals surface area contributed by atoms with E-state index in [9.17, 15) is 14.7 Å². The summed E-state index contributed by atoms with van der Waals surface area (Å²) in [6, 6.07) is 5.20. The summed E-state index contributed by atoms with van der Waals surface area (Å²) in [5, 5.41) is 12.0. The predicted molar refractivity (Wildman–Crippen MR) is 72.7 cm³/mol. The van der Waals surface area contributed by atoms with Crippen molar-refractivity contribution in [3.63, 3.8) is 0 Å². The Balaban J connectivity index is 2.40. The number of aryl methyl sites for hydroxylation is 1. The molecule has 0 aliphatic carbocycles. The number of carbonyl (C=O) groups is 2. The Kier molecular flexibility index (Phi) is 6.27. The largest absolute Gasteiger partial charge is 0.482 e. The monoisotopic (exact) mass is 301 g/mol. The quantitative estimate of drug-likeness (QED) is 0.755. The second kappa shape index (κ2) is 7.72. The summed E-state index contributed by atoms with van der Waals surface area (Å²) in [4.78, 5) is 22.4. The van der Waals surface area contributed by atoms with Crippen molar-refractivity contribution >= 4 is 23.5 Å². The van der Waals surface area contributed by atoms with E-state index in [0.717, 1.165) is 12.7 Å². The van der Waals surface area contributed by atoms with Crippen molar-refractivity contribution in [1.29, 1.82) is 0 Å². The van der Waals surface area contributed by atoms with Gasteiger partial charge in [-0.2, -0.15) is 0 Å². The van der Waals surface area contributed by atoms with E-state index in [1.807, 2.05) is 13.0 Å². The summed E-state index contributed by atoms with van der Waals surface area (Å²) >= 11 is 5.91. The molecule has 1 aromatic carbocycles. The summed E-state index contributed by atoms with van der Waals surface area (Å²) in [6.07, 6.45) is -1.40. The molecule has 1 unspecified atom stereocenters. The van der Waals surface area contributed by atoms with E-state index in [-0.39, 0.29) is 13.2 Å². The highest BCUT2D eigenvalue weighted by atomic mass is 35.5. The number of aliphatic hydroxyl groups is 1. The number of carbonyl (C=O) groups excluding carboxylic acids is 2. The third-order valence-electron chi connectivity index (χ3n) is 2.41. The summed E-state index contributed by atoms with van der Waals surface area (Å²) in [5.41, 5.74) is 0.950. The van der Waals surface area contributed by atoms with Crippen LogP contribution in [0.4, 0.5) is 0 Å². The van der Waals surface area contributed by atoms with Gasteiger partial charge in [0.15, 0.2) is 12.7 Å². The van der Waals surface area contributed by atoms with Crippen molar-refractivity contribution in [3.8, 4) is 5.75 Å². The van der Waals surface area contributed by atoms with Gasteiger partial charge >= 0.3 is 5.97 Å². The number of hydrogen-bond acceptors (Lipinski definition) is 5. The molecule has 6 nitrogen and oxygen atoms in total. The first-order chi connectivity index (χ1) is 9.43. The minimum Gasteiger partial charge on any atom is -0.482 e. The SMILES string of the molecule is COC(=O)C(O)CNC(=O)COc1cc(C)ccc1Cl. The van der Waals surface area contributed by atoms with Gasteiger partial charge in [-0.05, 0) is 24.6 Å². The van der Waals surface area contributed by atoms with Crippen LogP contribution in [-0.2, 0) is 14.3 Å². The molecule has 1 atom stereocenters. The lowest BCUT2D eigenvalue weighted by atomic mass is 10.2. The molecule has 2 N–H and O–H groups in total. The Hall–Kier alpha value is -1.79. The molecule has 0 spiro atoms. The maximum absolute atomic E-state index is 11.5. The minimum atomic E-state index is -1.40. The number of esters is 1. The molecule has 0 saturated heterocycles. The van der Waals surface area contributed by atoms with Crippen molar-refractivity contribution in [2.75, 3.05) is 20.3 Å². The topological polar surface area (TPSA) is 84.9 Å². The highest BCUT2D eigenvalue weighted by Crippen LogP contribution is 2.24. The standard InChI is InChI=1S/C13H16ClNO5/c1-8-3-4-9(14)11(5-8)20-7-12(17)15-6-10(16)13(18)19-2/h3-5,10,16H,6-7H2,1-2H3,(H,15,17). The zero-order chi connectivity index (χ0) is 15.1. The van der Waals surface area contributed by atoms with E-state index in [1.54, 1.807) is 12.1 Å². The molecule has 0 heterocycles. The Bertz CT molecular complexity index is 492. The third kappa shape index (κ3) is 5.07. The number of rotatable bonds is 6. The fourth-order valence-electron chi connectivity index (χ4n) is 1.35. The van der Waals surface area contributed by atoms with Crippen LogP contribution < -0.4 is 10.1 Å². The number of amides is 1. The molecule has 0 aromatic heterocycles. The molecule has 7 heteroatoms. The Morgan fingerprint density at radius 1 is 1.45 bits per heavy atom. The second-order valence-electron chi connectivity index (χ2n) is 4.07. The third-order valence-corrected chi connectivity index (χ3v) is 2.72. The van der Waals surface area contributed by atoms with E-state index < -0.39 is 18.0 Å². The van der Waals surface area contributed by atoms with Crippen molar-refractivity contribution < 1.29 is 24.2 Å². The van der Waals surface area contributed by atoms with Crippen LogP contribution in [0.1, 0.15) is 5.56 Å². The normalized spacial score (nSPS) is 11.6. The van der Waals surface area contributed by atoms with Gasteiger partial charge in [0.2, 0.25) is 0 Å². The van der Waals surface area contributed by atoms with E-state index in [0.29, 0.717) is 10.8 Å². The van der Waals surface area contributed by atoms with Crippen LogP contribution >= 0.6 is 11.6 Å². The maximum Gasteiger partial charge on any atom is 0.336 e. The maximum atomic E-state index is 11.5. The molecule has 1 rings (SSSR count). The van der Waals surface area contributed by atoms with Crippen molar-refractivity contribution in [3.05, 3.63) is 28.8 Å². The highest BCUT2D eigenvalue weighted by molar-refractivity contribution is 6.32. The van der Waals surface area contributed by atoms with Crippen LogP contribution in [0.3, 0.4) is 0 Å². The van der Waals surface area contributed by atoms with Crippen molar-refractivity contribution in [1.82, 2.24) is 5.32 Å². The van der Waals surface area contributed by atoms with Gasteiger partial charge in [-0.1, -0.05) is 17.7 Å². The lowest BCUT2D eigenvalue weighted by molar-refractivity contribution is -0.150. The van der Waals surface area contributed by atoms with Crippen molar-refractivity contribution in [2.24, 2.45) is 0 Å². The number of aliphatic hydroxyl groups excluding tert-OH is 1. The number of halogens is 1. The lowest BCUT2D eigenvalue weighted by Gasteiger charge is -2.11. The molecule has 0 saturated carbocycles. The number of methoxy groups -OCH3 is 1. The van der Waals surface area contributed by atoms with E-state index in [1.165, 1.54) is 0 Å². The van der Waals surface area contributed by atoms with Crippen LogP contribution in [0.25, 0.3) is 0 Å². The van der Waals surface area contributed by atoms with Crippen LogP contribution in [0.5, 0.6) is 5.75 Å². The number of hydrogen-bond donors (Lipinski definition) is 2. The summed E-state index contributed by atoms with van der Waals surface area (Å²) in [6.45, 7) is 1.36. The first-order valence-electron chi connectivity index (χ1n) is 5.85. The Morgan fingerprint density at radius 3 is 2.80 bits per heavy atom. The molecule has 1 amide bonds. The van der Waals surface area contributed by atoms with Crippen LogP contribution in [0, 0.1) is 6.92 Å². The molecule has 110 valence electrons. The fourth-order valence-corrected chi connectivity index (χ4v) is 1.52. The summed E-state index contributed by atoms with van der Waals surface area (Å²) in [5.74, 6) is -0.895. The van der Waals surface area contributed by atoms with Crippen LogP contribution in [0.15, 0.2) is 18.2 Å². The molecular formula is C13H16ClNO5. The van der Waals surface area contributed by atoms with E-state index >= 15 is 0 Å². The smallest absolute Gasteiger partial charge is 0.336 e. The molecule has 0 aliphatic heterocycles. The zero-order valence-electron chi connectivity index (χ0n) is 11.2. The molecule has 1 aromatic rings. The van der Waals surface area contributed by atoms with E-state index in [4.69, 9.17) is 16.3 Å². The van der Waals surface area contributed by atoms with E-state index in [2.05, 4.69) is 10.1 Å². The average molecular weight is 302 g/mol. The zero-order valence-corrected chi connectivity index (χ0v) is 11.9. The van der Waals surface area contributed by atoms with Gasteiger partial charge in [-0.25, -0.2) is 4.79 Å². The van der Waals surface area contributed by atoms with Gasteiger partial charge in [-0.15, -0.1) is 0 Å². The Labute approximate surface area is 121 Å². The van der Waals surface area contributed by atoms with Gasteiger partial charge in [0, 0.05) is 0 Å². The van der Waals surface area contributed by atoms with Crippen LogP contribution in [0.2, 0.25) is 5.02 Å². The fraction of sp³-hybridized carbons (Fsp3) is 0.385. The van der Waals surface area contributed by atoms with Crippen molar-refractivity contribution in [2.45, 2.75) is 13.0 Å². The summed E-state index contributed by atoms with van der Waals surface area (Å²) < 4.78 is 9.57. The first-order valence-corrected chi connectivity index (χ1v) is 6.23. The molecule has 0 fully saturated rings. The van der Waals surface area contributed by atoms with Crippen LogP contribution in [-0.4, -0.2) is 43.3 Å². The molecule has 20 heavy (non-hydrogen) atoms. The highest BCUT2D eigenvalue weighted by Gasteiger charge is 2.16. The molecule has 0 bridgehead atoms. The van der Waals surface area contributed by atoms with Gasteiger partial charge in [0.05, 0.1) is 18.7 Å². The first kappa shape index (κ1) is 16.3. The van der Waals surface area contributed by atoms with Gasteiger partial charge < -0.3 is 19.9 Å². The minimum absolute atomic E-state index is 0.240. The van der Waals surface area contributed by atoms with Gasteiger partial charge in [0.25, 0.3) is 5.91 Å². The summed E-state index contributed by atoms with van der Waals surface area (Å²) in [7, 11) is 1.15.